The topological polar surface area (TPSA) is 109 Å². The van der Waals surface area contributed by atoms with Crippen molar-refractivity contribution in [2.45, 2.75) is 25.4 Å². The monoisotopic (exact) mass is 327 g/mol. The van der Waals surface area contributed by atoms with E-state index in [0.717, 1.165) is 17.8 Å². The van der Waals surface area contributed by atoms with Crippen molar-refractivity contribution in [3.63, 3.8) is 0 Å². The smallest absolute Gasteiger partial charge is 0.305 e. The number of carbonyl (C=O) groups is 3. The molecule has 0 aromatic carbocycles. The van der Waals surface area contributed by atoms with E-state index in [-0.39, 0.29) is 30.5 Å². The Morgan fingerprint density at radius 3 is 2.95 bits per heavy atom. The second-order valence-electron chi connectivity index (χ2n) is 4.90. The van der Waals surface area contributed by atoms with Gasteiger partial charge in [0.15, 0.2) is 5.13 Å². The van der Waals surface area contributed by atoms with Crippen LogP contribution in [0, 0.1) is 0 Å². The number of hydrogen-bond acceptors (Lipinski definition) is 6. The largest absolute Gasteiger partial charge is 0.481 e. The molecule has 1 unspecified atom stereocenters. The first-order valence-corrected chi connectivity index (χ1v) is 7.70. The van der Waals surface area contributed by atoms with Crippen molar-refractivity contribution >= 4 is 34.3 Å². The molecular formula is C13H17N3O5S. The lowest BCUT2D eigenvalue weighted by Crippen LogP contribution is -2.29. The third kappa shape index (κ3) is 4.25. The number of nitrogens with zero attached hydrogens (tertiary/aromatic N) is 2. The van der Waals surface area contributed by atoms with E-state index in [0.29, 0.717) is 18.2 Å². The van der Waals surface area contributed by atoms with E-state index < -0.39 is 12.1 Å². The van der Waals surface area contributed by atoms with Gasteiger partial charge in [0.05, 0.1) is 6.42 Å². The minimum Gasteiger partial charge on any atom is -0.481 e. The molecule has 0 saturated carbocycles. The van der Waals surface area contributed by atoms with Gasteiger partial charge in [0.1, 0.15) is 11.8 Å². The zero-order chi connectivity index (χ0) is 16.1. The lowest BCUT2D eigenvalue weighted by Gasteiger charge is -2.14. The number of anilines is 1. The first-order chi connectivity index (χ1) is 10.5. The summed E-state index contributed by atoms with van der Waals surface area (Å²) in [7, 11) is 1.51. The van der Waals surface area contributed by atoms with Gasteiger partial charge >= 0.3 is 5.97 Å². The third-order valence-electron chi connectivity index (χ3n) is 3.18. The number of ether oxygens (including phenoxy) is 1. The molecule has 0 bridgehead atoms. The van der Waals surface area contributed by atoms with Gasteiger partial charge in [0, 0.05) is 25.6 Å². The molecule has 0 aliphatic carbocycles. The predicted molar refractivity (Wildman–Crippen MR) is 78.9 cm³/mol. The fraction of sp³-hybridized carbons (Fsp3) is 0.538. The van der Waals surface area contributed by atoms with Crippen LogP contribution in [0.1, 0.15) is 29.8 Å². The van der Waals surface area contributed by atoms with Gasteiger partial charge < -0.3 is 14.7 Å². The van der Waals surface area contributed by atoms with Crippen LogP contribution in [0.2, 0.25) is 0 Å². The van der Waals surface area contributed by atoms with E-state index in [1.807, 2.05) is 0 Å². The highest BCUT2D eigenvalue weighted by molar-refractivity contribution is 7.14. The molecule has 1 fully saturated rings. The van der Waals surface area contributed by atoms with Gasteiger partial charge in [-0.05, 0) is 12.8 Å². The number of nitrogens with one attached hydrogen (secondary N) is 1. The van der Waals surface area contributed by atoms with Crippen LogP contribution in [0.4, 0.5) is 5.13 Å². The number of amides is 2. The minimum absolute atomic E-state index is 0.100. The molecule has 2 rings (SSSR count). The maximum Gasteiger partial charge on any atom is 0.305 e. The number of thiazole rings is 1. The van der Waals surface area contributed by atoms with Gasteiger partial charge in [-0.3, -0.25) is 19.7 Å². The van der Waals surface area contributed by atoms with Crippen molar-refractivity contribution in [2.24, 2.45) is 0 Å². The highest BCUT2D eigenvalue weighted by Gasteiger charge is 2.25. The van der Waals surface area contributed by atoms with E-state index in [2.05, 4.69) is 10.3 Å². The number of hydrogen-bond donors (Lipinski definition) is 2. The van der Waals surface area contributed by atoms with Crippen LogP contribution in [0.5, 0.6) is 0 Å². The molecule has 2 heterocycles. The Kier molecular flexibility index (Phi) is 5.45. The minimum atomic E-state index is -0.970. The Morgan fingerprint density at radius 2 is 2.32 bits per heavy atom. The average Bonchev–Trinajstić information content (AvgIpc) is 3.14. The molecule has 2 amide bonds. The third-order valence-corrected chi connectivity index (χ3v) is 3.94. The molecule has 1 aliphatic rings. The zero-order valence-electron chi connectivity index (χ0n) is 12.1. The highest BCUT2D eigenvalue weighted by Crippen LogP contribution is 2.19. The summed E-state index contributed by atoms with van der Waals surface area (Å²) in [6.07, 6.45) is 0.950. The summed E-state index contributed by atoms with van der Waals surface area (Å²) >= 11 is 1.14. The van der Waals surface area contributed by atoms with Crippen LogP contribution in [-0.2, 0) is 14.3 Å². The van der Waals surface area contributed by atoms with Gasteiger partial charge in [-0.25, -0.2) is 4.98 Å². The molecule has 2 N–H and O–H groups in total. The summed E-state index contributed by atoms with van der Waals surface area (Å²) in [4.78, 5) is 39.8. The zero-order valence-corrected chi connectivity index (χ0v) is 12.9. The van der Waals surface area contributed by atoms with Crippen LogP contribution >= 0.6 is 11.3 Å². The molecule has 8 nitrogen and oxygen atoms in total. The number of carbonyl (C=O) groups excluding carboxylic acids is 2. The van der Waals surface area contributed by atoms with Crippen molar-refractivity contribution in [2.75, 3.05) is 25.5 Å². The van der Waals surface area contributed by atoms with Crippen molar-refractivity contribution in [1.82, 2.24) is 9.88 Å². The van der Waals surface area contributed by atoms with Gasteiger partial charge in [0.2, 0.25) is 0 Å². The summed E-state index contributed by atoms with van der Waals surface area (Å²) in [6.45, 7) is 0.678. The maximum absolute atomic E-state index is 12.1. The first kappa shape index (κ1) is 16.4. The highest BCUT2D eigenvalue weighted by atomic mass is 32.1. The average molecular weight is 327 g/mol. The Morgan fingerprint density at radius 1 is 1.55 bits per heavy atom. The fourth-order valence-electron chi connectivity index (χ4n) is 1.96. The van der Waals surface area contributed by atoms with Crippen molar-refractivity contribution in [1.29, 1.82) is 0 Å². The molecule has 1 aliphatic heterocycles. The van der Waals surface area contributed by atoms with E-state index in [4.69, 9.17) is 9.84 Å². The standard InChI is InChI=1S/C13H17N3O5S/c1-16(5-4-10(17)18)12(20)8-7-22-13(14-8)15-11(19)9-3-2-6-21-9/h7,9H,2-6H2,1H3,(H,17,18)(H,14,15,19). The summed E-state index contributed by atoms with van der Waals surface area (Å²) in [5, 5.41) is 13.1. The van der Waals surface area contributed by atoms with E-state index >= 15 is 0 Å². The van der Waals surface area contributed by atoms with Gasteiger partial charge in [-0.2, -0.15) is 0 Å². The van der Waals surface area contributed by atoms with E-state index in [1.54, 1.807) is 0 Å². The van der Waals surface area contributed by atoms with Crippen LogP contribution in [0.25, 0.3) is 0 Å². The Bertz CT molecular complexity index is 568. The van der Waals surface area contributed by atoms with Gasteiger partial charge in [-0.1, -0.05) is 0 Å². The van der Waals surface area contributed by atoms with Crippen molar-refractivity contribution < 1.29 is 24.2 Å². The van der Waals surface area contributed by atoms with Crippen LogP contribution in [0.15, 0.2) is 5.38 Å². The summed E-state index contributed by atoms with van der Waals surface area (Å²) in [6, 6.07) is 0. The second kappa shape index (κ2) is 7.32. The molecule has 1 atom stereocenters. The molecule has 9 heteroatoms. The normalized spacial score (nSPS) is 17.2. The molecule has 120 valence electrons. The number of aromatic nitrogens is 1. The number of rotatable bonds is 6. The SMILES string of the molecule is CN(CCC(=O)O)C(=O)c1csc(NC(=O)C2CCCO2)n1. The van der Waals surface area contributed by atoms with Crippen LogP contribution in [-0.4, -0.2) is 59.1 Å². The first-order valence-electron chi connectivity index (χ1n) is 6.82. The Hall–Kier alpha value is -2.00. The summed E-state index contributed by atoms with van der Waals surface area (Å²) in [5.41, 5.74) is 0.181. The van der Waals surface area contributed by atoms with Crippen molar-refractivity contribution in [3.8, 4) is 0 Å². The molecule has 22 heavy (non-hydrogen) atoms. The maximum atomic E-state index is 12.1. The molecule has 1 aromatic heterocycles. The quantitative estimate of drug-likeness (QED) is 0.800. The molecule has 1 aromatic rings. The van der Waals surface area contributed by atoms with Crippen molar-refractivity contribution in [3.05, 3.63) is 11.1 Å². The summed E-state index contributed by atoms with van der Waals surface area (Å²) in [5.74, 6) is -1.61. The molecule has 1 saturated heterocycles. The van der Waals surface area contributed by atoms with Crippen LogP contribution < -0.4 is 5.32 Å². The Balaban J connectivity index is 1.91. The van der Waals surface area contributed by atoms with Gasteiger partial charge in [-0.15, -0.1) is 11.3 Å². The number of aliphatic carboxylic acids is 1. The molecule has 0 radical (unpaired) electrons. The second-order valence-corrected chi connectivity index (χ2v) is 5.76. The van der Waals surface area contributed by atoms with Gasteiger partial charge in [0.25, 0.3) is 11.8 Å². The Labute approximate surface area is 131 Å². The molecule has 0 spiro atoms. The number of carboxylic acid groups (broad SMARTS) is 1. The predicted octanol–water partition coefficient (Wildman–Crippen LogP) is 0.807. The number of carboxylic acids is 1. The fourth-order valence-corrected chi connectivity index (χ4v) is 2.65. The van der Waals surface area contributed by atoms with Crippen LogP contribution in [0.3, 0.4) is 0 Å². The summed E-state index contributed by atoms with van der Waals surface area (Å²) < 4.78 is 5.27. The lowest BCUT2D eigenvalue weighted by molar-refractivity contribution is -0.137. The van der Waals surface area contributed by atoms with E-state index in [9.17, 15) is 14.4 Å². The lowest BCUT2D eigenvalue weighted by atomic mass is 10.2. The molecular weight excluding hydrogens is 310 g/mol. The van der Waals surface area contributed by atoms with E-state index in [1.165, 1.54) is 17.3 Å².